The molecule has 1 amide bonds. The standard InChI is InChI=1S/C25H29N5O5/c1-4-5-10-21(31)30(25(16(2)3,23(32)33)24(34)35)15-17-11-13-18(14-12-17)19-8-6-7-9-20(19)22-26-28-29-27-22/h6-9,11-14,16H,4-5,10,15H2,1-3H3,(H,32,33)(H,34,35)(H,26,27,28,29). The average molecular weight is 480 g/mol. The van der Waals surface area contributed by atoms with Gasteiger partial charge in [0.05, 0.1) is 0 Å². The first-order valence-electron chi connectivity index (χ1n) is 11.4. The van der Waals surface area contributed by atoms with Crippen LogP contribution in [0.2, 0.25) is 0 Å². The molecule has 1 heterocycles. The van der Waals surface area contributed by atoms with Crippen LogP contribution in [0.3, 0.4) is 0 Å². The van der Waals surface area contributed by atoms with E-state index in [9.17, 15) is 24.6 Å². The molecule has 1 aromatic heterocycles. The highest BCUT2D eigenvalue weighted by Gasteiger charge is 2.56. The Morgan fingerprint density at radius 3 is 2.14 bits per heavy atom. The van der Waals surface area contributed by atoms with E-state index >= 15 is 0 Å². The Morgan fingerprint density at radius 1 is 1.00 bits per heavy atom. The third-order valence-electron chi connectivity index (χ3n) is 6.08. The van der Waals surface area contributed by atoms with Crippen molar-refractivity contribution in [3.05, 3.63) is 54.1 Å². The Bertz CT molecular complexity index is 1160. The summed E-state index contributed by atoms with van der Waals surface area (Å²) in [6, 6.07) is 14.7. The van der Waals surface area contributed by atoms with E-state index in [-0.39, 0.29) is 13.0 Å². The van der Waals surface area contributed by atoms with Gasteiger partial charge in [-0.3, -0.25) is 4.79 Å². The Labute approximate surface area is 203 Å². The predicted octanol–water partition coefficient (Wildman–Crippen LogP) is 3.62. The summed E-state index contributed by atoms with van der Waals surface area (Å²) in [4.78, 5) is 38.7. The molecule has 0 aliphatic rings. The number of benzene rings is 2. The third-order valence-corrected chi connectivity index (χ3v) is 6.08. The molecular formula is C25H29N5O5. The summed E-state index contributed by atoms with van der Waals surface area (Å²) in [7, 11) is 0. The number of amides is 1. The number of tetrazole rings is 1. The minimum Gasteiger partial charge on any atom is -0.479 e. The van der Waals surface area contributed by atoms with Crippen LogP contribution >= 0.6 is 0 Å². The van der Waals surface area contributed by atoms with E-state index in [1.54, 1.807) is 12.1 Å². The van der Waals surface area contributed by atoms with Gasteiger partial charge in [0.2, 0.25) is 17.3 Å². The van der Waals surface area contributed by atoms with Gasteiger partial charge >= 0.3 is 11.9 Å². The fourth-order valence-electron chi connectivity index (χ4n) is 4.18. The molecule has 3 N–H and O–H groups in total. The number of carboxylic acids is 2. The molecule has 0 spiro atoms. The number of aromatic amines is 1. The molecule has 35 heavy (non-hydrogen) atoms. The first kappa shape index (κ1) is 25.5. The highest BCUT2D eigenvalue weighted by molar-refractivity contribution is 6.06. The molecule has 0 radical (unpaired) electrons. The predicted molar refractivity (Wildman–Crippen MR) is 128 cm³/mol. The second kappa shape index (κ2) is 10.9. The topological polar surface area (TPSA) is 149 Å². The molecule has 3 rings (SSSR count). The number of hydrogen-bond acceptors (Lipinski definition) is 6. The van der Waals surface area contributed by atoms with Crippen LogP contribution in [0.4, 0.5) is 0 Å². The second-order valence-electron chi connectivity index (χ2n) is 8.59. The van der Waals surface area contributed by atoms with Crippen molar-refractivity contribution in [3.63, 3.8) is 0 Å². The molecule has 2 aromatic carbocycles. The lowest BCUT2D eigenvalue weighted by Crippen LogP contribution is -2.64. The first-order valence-corrected chi connectivity index (χ1v) is 11.4. The molecule has 0 aliphatic heterocycles. The molecule has 0 atom stereocenters. The minimum absolute atomic E-state index is 0.0711. The first-order chi connectivity index (χ1) is 16.7. The van der Waals surface area contributed by atoms with Gasteiger partial charge in [0.15, 0.2) is 0 Å². The molecule has 3 aromatic rings. The van der Waals surface area contributed by atoms with E-state index in [0.717, 1.165) is 28.0 Å². The molecule has 0 bridgehead atoms. The lowest BCUT2D eigenvalue weighted by molar-refractivity contribution is -0.178. The number of carbonyl (C=O) groups excluding carboxylic acids is 1. The number of aliphatic carboxylic acids is 2. The summed E-state index contributed by atoms with van der Waals surface area (Å²) in [5.74, 6) is -4.03. The number of carbonyl (C=O) groups is 3. The van der Waals surface area contributed by atoms with Crippen molar-refractivity contribution in [1.82, 2.24) is 25.5 Å². The molecule has 10 nitrogen and oxygen atoms in total. The van der Waals surface area contributed by atoms with Crippen LogP contribution in [-0.4, -0.2) is 59.1 Å². The zero-order chi connectivity index (χ0) is 25.6. The molecule has 0 aliphatic carbocycles. The van der Waals surface area contributed by atoms with Crippen molar-refractivity contribution in [1.29, 1.82) is 0 Å². The van der Waals surface area contributed by atoms with Gasteiger partial charge < -0.3 is 15.1 Å². The van der Waals surface area contributed by atoms with Crippen molar-refractivity contribution in [3.8, 4) is 22.5 Å². The summed E-state index contributed by atoms with van der Waals surface area (Å²) in [5, 5.41) is 34.2. The Morgan fingerprint density at radius 2 is 1.63 bits per heavy atom. The smallest absolute Gasteiger partial charge is 0.341 e. The maximum Gasteiger partial charge on any atom is 0.341 e. The van der Waals surface area contributed by atoms with Gasteiger partial charge in [-0.25, -0.2) is 9.59 Å². The normalized spacial score (nSPS) is 11.4. The minimum atomic E-state index is -2.38. The summed E-state index contributed by atoms with van der Waals surface area (Å²) < 4.78 is 0. The van der Waals surface area contributed by atoms with Crippen molar-refractivity contribution >= 4 is 17.8 Å². The number of carboxylic acid groups (broad SMARTS) is 2. The van der Waals surface area contributed by atoms with Crippen molar-refractivity contribution in [2.45, 2.75) is 52.1 Å². The van der Waals surface area contributed by atoms with Crippen LogP contribution < -0.4 is 0 Å². The van der Waals surface area contributed by atoms with Gasteiger partial charge in [0, 0.05) is 18.5 Å². The average Bonchev–Trinajstić information content (AvgIpc) is 3.37. The summed E-state index contributed by atoms with van der Waals surface area (Å²) in [6.45, 7) is 4.76. The number of hydrogen-bond donors (Lipinski definition) is 3. The molecular weight excluding hydrogens is 450 g/mol. The highest BCUT2D eigenvalue weighted by Crippen LogP contribution is 2.32. The largest absolute Gasteiger partial charge is 0.479 e. The lowest BCUT2D eigenvalue weighted by atomic mass is 9.83. The third kappa shape index (κ3) is 5.06. The number of nitrogens with zero attached hydrogens (tertiary/aromatic N) is 4. The van der Waals surface area contributed by atoms with Gasteiger partial charge in [-0.1, -0.05) is 75.7 Å². The fraction of sp³-hybridized carbons (Fsp3) is 0.360. The van der Waals surface area contributed by atoms with Gasteiger partial charge in [-0.05, 0) is 34.2 Å². The van der Waals surface area contributed by atoms with Crippen molar-refractivity contribution in [2.24, 2.45) is 5.92 Å². The fourth-order valence-corrected chi connectivity index (χ4v) is 4.18. The van der Waals surface area contributed by atoms with Crippen LogP contribution in [0.15, 0.2) is 48.5 Å². The zero-order valence-electron chi connectivity index (χ0n) is 19.9. The van der Waals surface area contributed by atoms with Crippen LogP contribution in [0.5, 0.6) is 0 Å². The monoisotopic (exact) mass is 479 g/mol. The Hall–Kier alpha value is -4.08. The number of unbranched alkanes of at least 4 members (excludes halogenated alkanes) is 1. The molecule has 0 unspecified atom stereocenters. The number of aromatic nitrogens is 4. The van der Waals surface area contributed by atoms with Crippen LogP contribution in [0.1, 0.15) is 45.6 Å². The van der Waals surface area contributed by atoms with E-state index in [4.69, 9.17) is 0 Å². The number of H-pyrrole nitrogens is 1. The van der Waals surface area contributed by atoms with Gasteiger partial charge in [-0.15, -0.1) is 10.2 Å². The van der Waals surface area contributed by atoms with E-state index in [0.29, 0.717) is 17.8 Å². The lowest BCUT2D eigenvalue weighted by Gasteiger charge is -2.40. The second-order valence-corrected chi connectivity index (χ2v) is 8.59. The van der Waals surface area contributed by atoms with Crippen molar-refractivity contribution in [2.75, 3.05) is 0 Å². The molecule has 10 heteroatoms. The summed E-state index contributed by atoms with van der Waals surface area (Å²) in [5.41, 5.74) is 0.729. The Balaban J connectivity index is 1.99. The molecule has 0 saturated carbocycles. The van der Waals surface area contributed by atoms with E-state index in [1.807, 2.05) is 43.3 Å². The SMILES string of the molecule is CCCCC(=O)N(Cc1ccc(-c2ccccc2-c2nn[nH]n2)cc1)C(C(=O)O)(C(=O)O)C(C)C. The van der Waals surface area contributed by atoms with Gasteiger partial charge in [0.25, 0.3) is 0 Å². The number of nitrogens with one attached hydrogen (secondary N) is 1. The Kier molecular flexibility index (Phi) is 7.95. The zero-order valence-corrected chi connectivity index (χ0v) is 19.9. The van der Waals surface area contributed by atoms with Gasteiger partial charge in [0.1, 0.15) is 0 Å². The molecule has 0 saturated heterocycles. The van der Waals surface area contributed by atoms with Crippen LogP contribution in [0, 0.1) is 5.92 Å². The molecule has 0 fully saturated rings. The van der Waals surface area contributed by atoms with E-state index in [2.05, 4.69) is 20.6 Å². The summed E-state index contributed by atoms with van der Waals surface area (Å²) in [6.07, 6.45) is 1.33. The van der Waals surface area contributed by atoms with Crippen LogP contribution in [0.25, 0.3) is 22.5 Å². The number of rotatable bonds is 11. The molecule has 184 valence electrons. The van der Waals surface area contributed by atoms with Crippen LogP contribution in [-0.2, 0) is 20.9 Å². The highest BCUT2D eigenvalue weighted by atomic mass is 16.4. The van der Waals surface area contributed by atoms with Gasteiger partial charge in [-0.2, -0.15) is 5.21 Å². The maximum atomic E-state index is 13.1. The quantitative estimate of drug-likeness (QED) is 0.353. The van der Waals surface area contributed by atoms with E-state index < -0.39 is 29.3 Å². The maximum absolute atomic E-state index is 13.1. The van der Waals surface area contributed by atoms with E-state index in [1.165, 1.54) is 13.8 Å². The van der Waals surface area contributed by atoms with Crippen molar-refractivity contribution < 1.29 is 24.6 Å². The summed E-state index contributed by atoms with van der Waals surface area (Å²) >= 11 is 0.